The van der Waals surface area contributed by atoms with Gasteiger partial charge < -0.3 is 10.8 Å². The molecule has 0 amide bonds. The van der Waals surface area contributed by atoms with E-state index in [1.807, 2.05) is 13.0 Å². The van der Waals surface area contributed by atoms with Crippen molar-refractivity contribution in [3.05, 3.63) is 12.2 Å². The Morgan fingerprint density at radius 1 is 1.40 bits per heavy atom. The van der Waals surface area contributed by atoms with Gasteiger partial charge in [-0.25, -0.2) is 0 Å². The maximum Gasteiger partial charge on any atom is 0.0615 e. The van der Waals surface area contributed by atoms with Crippen LogP contribution in [0.5, 0.6) is 0 Å². The number of nitrogens with two attached hydrogens (primary N) is 1. The third kappa shape index (κ3) is 1.58. The lowest BCUT2D eigenvalue weighted by Crippen LogP contribution is -2.34. The van der Waals surface area contributed by atoms with Crippen molar-refractivity contribution in [3.8, 4) is 0 Å². The second-order valence-corrected chi connectivity index (χ2v) is 3.03. The molecule has 0 spiro atoms. The fourth-order valence-corrected chi connectivity index (χ4v) is 1.20. The summed E-state index contributed by atoms with van der Waals surface area (Å²) in [4.78, 5) is 0. The van der Waals surface area contributed by atoms with Crippen LogP contribution in [0.15, 0.2) is 12.2 Å². The van der Waals surface area contributed by atoms with E-state index >= 15 is 0 Å². The van der Waals surface area contributed by atoms with Crippen molar-refractivity contribution >= 4 is 0 Å². The van der Waals surface area contributed by atoms with E-state index in [0.717, 1.165) is 12.8 Å². The Morgan fingerprint density at radius 3 is 2.70 bits per heavy atom. The Kier molecular flexibility index (Phi) is 2.46. The first-order valence-electron chi connectivity index (χ1n) is 3.80. The molecule has 58 valence electrons. The summed E-state index contributed by atoms with van der Waals surface area (Å²) in [6, 6.07) is 0.133. The fourth-order valence-electron chi connectivity index (χ4n) is 1.20. The molecule has 0 aliphatic heterocycles. The average molecular weight is 141 g/mol. The molecule has 0 bridgehead atoms. The van der Waals surface area contributed by atoms with Gasteiger partial charge in [-0.2, -0.15) is 0 Å². The van der Waals surface area contributed by atoms with E-state index in [4.69, 9.17) is 5.73 Å². The summed E-state index contributed by atoms with van der Waals surface area (Å²) in [5.74, 6) is 0.231. The monoisotopic (exact) mass is 141 g/mol. The number of hydrogen-bond donors (Lipinski definition) is 2. The molecule has 0 fully saturated rings. The molecule has 10 heavy (non-hydrogen) atoms. The van der Waals surface area contributed by atoms with Gasteiger partial charge in [0.05, 0.1) is 6.10 Å². The van der Waals surface area contributed by atoms with Gasteiger partial charge >= 0.3 is 0 Å². The molecule has 1 aliphatic rings. The summed E-state index contributed by atoms with van der Waals surface area (Å²) in [5.41, 5.74) is 5.76. The van der Waals surface area contributed by atoms with Crippen LogP contribution in [-0.2, 0) is 0 Å². The average Bonchev–Trinajstić information content (AvgIpc) is 2.04. The van der Waals surface area contributed by atoms with E-state index in [2.05, 4.69) is 6.08 Å². The van der Waals surface area contributed by atoms with Crippen LogP contribution in [0.25, 0.3) is 0 Å². The topological polar surface area (TPSA) is 46.2 Å². The van der Waals surface area contributed by atoms with Crippen molar-refractivity contribution in [3.63, 3.8) is 0 Å². The molecule has 0 radical (unpaired) electrons. The summed E-state index contributed by atoms with van der Waals surface area (Å²) in [5, 5.41) is 9.40. The van der Waals surface area contributed by atoms with Gasteiger partial charge in [-0.15, -0.1) is 0 Å². The van der Waals surface area contributed by atoms with E-state index in [1.165, 1.54) is 0 Å². The molecule has 2 nitrogen and oxygen atoms in total. The molecule has 0 aromatic carbocycles. The van der Waals surface area contributed by atoms with E-state index in [1.54, 1.807) is 0 Å². The second kappa shape index (κ2) is 3.17. The van der Waals surface area contributed by atoms with Crippen molar-refractivity contribution in [2.24, 2.45) is 11.7 Å². The zero-order chi connectivity index (χ0) is 7.56. The third-order valence-corrected chi connectivity index (χ3v) is 2.23. The molecule has 3 N–H and O–H groups in total. The van der Waals surface area contributed by atoms with Crippen molar-refractivity contribution in [1.82, 2.24) is 0 Å². The molecule has 3 unspecified atom stereocenters. The maximum atomic E-state index is 9.40. The van der Waals surface area contributed by atoms with Crippen LogP contribution < -0.4 is 5.73 Å². The molecular formula is C8H15NO. The molecular weight excluding hydrogens is 126 g/mol. The van der Waals surface area contributed by atoms with Gasteiger partial charge in [0.1, 0.15) is 0 Å². The summed E-state index contributed by atoms with van der Waals surface area (Å²) in [6.45, 7) is 2.00. The Bertz CT molecular complexity index is 119. The Labute approximate surface area is 61.7 Å². The number of aliphatic hydroxyl groups excluding tert-OH is 1. The lowest BCUT2D eigenvalue weighted by molar-refractivity contribution is 0.108. The van der Waals surface area contributed by atoms with Crippen LogP contribution >= 0.6 is 0 Å². The van der Waals surface area contributed by atoms with Crippen LogP contribution in [0, 0.1) is 5.92 Å². The van der Waals surface area contributed by atoms with Gasteiger partial charge in [0.15, 0.2) is 0 Å². The molecule has 0 saturated carbocycles. The molecule has 1 rings (SSSR count). The quantitative estimate of drug-likeness (QED) is 0.487. The Morgan fingerprint density at radius 2 is 2.00 bits per heavy atom. The minimum atomic E-state index is -0.242. The zero-order valence-electron chi connectivity index (χ0n) is 6.33. The first-order valence-corrected chi connectivity index (χ1v) is 3.80. The highest BCUT2D eigenvalue weighted by molar-refractivity contribution is 4.95. The van der Waals surface area contributed by atoms with Gasteiger partial charge in [-0.3, -0.25) is 0 Å². The summed E-state index contributed by atoms with van der Waals surface area (Å²) in [6.07, 6.45) is 5.48. The number of aliphatic hydroxyl groups is 1. The highest BCUT2D eigenvalue weighted by atomic mass is 16.3. The van der Waals surface area contributed by atoms with E-state index < -0.39 is 0 Å². The molecule has 0 saturated heterocycles. The predicted octanol–water partition coefficient (Wildman–Crippen LogP) is 0.661. The van der Waals surface area contributed by atoms with E-state index in [0.29, 0.717) is 0 Å². The lowest BCUT2D eigenvalue weighted by Gasteiger charge is -2.20. The van der Waals surface area contributed by atoms with Gasteiger partial charge in [-0.1, -0.05) is 19.1 Å². The first-order chi connectivity index (χ1) is 4.72. The van der Waals surface area contributed by atoms with Gasteiger partial charge in [0.25, 0.3) is 0 Å². The van der Waals surface area contributed by atoms with Crippen molar-refractivity contribution in [2.45, 2.75) is 31.9 Å². The van der Waals surface area contributed by atoms with Crippen molar-refractivity contribution in [2.75, 3.05) is 0 Å². The normalized spacial score (nSPS) is 41.3. The summed E-state index contributed by atoms with van der Waals surface area (Å²) >= 11 is 0. The second-order valence-electron chi connectivity index (χ2n) is 3.03. The molecule has 3 atom stereocenters. The predicted molar refractivity (Wildman–Crippen MR) is 41.5 cm³/mol. The first kappa shape index (κ1) is 7.76. The highest BCUT2D eigenvalue weighted by Gasteiger charge is 2.20. The molecule has 0 aromatic rings. The van der Waals surface area contributed by atoms with Gasteiger partial charge in [-0.05, 0) is 18.8 Å². The van der Waals surface area contributed by atoms with E-state index in [9.17, 15) is 5.11 Å². The number of rotatable bonds is 0. The lowest BCUT2D eigenvalue weighted by atomic mass is 9.95. The van der Waals surface area contributed by atoms with Crippen LogP contribution in [0.3, 0.4) is 0 Å². The summed E-state index contributed by atoms with van der Waals surface area (Å²) in [7, 11) is 0. The molecule has 2 heteroatoms. The molecule has 1 aliphatic carbocycles. The SMILES string of the molecule is CC1C(N)CC=CCC1O. The minimum absolute atomic E-state index is 0.133. The summed E-state index contributed by atoms with van der Waals surface area (Å²) < 4.78 is 0. The Hall–Kier alpha value is -0.340. The van der Waals surface area contributed by atoms with Gasteiger partial charge in [0.2, 0.25) is 0 Å². The highest BCUT2D eigenvalue weighted by Crippen LogP contribution is 2.17. The standard InChI is InChI=1S/C8H15NO/c1-6-7(9)4-2-3-5-8(6)10/h2-3,6-8,10H,4-5,9H2,1H3. The van der Waals surface area contributed by atoms with Crippen LogP contribution in [0.2, 0.25) is 0 Å². The van der Waals surface area contributed by atoms with Crippen molar-refractivity contribution in [1.29, 1.82) is 0 Å². The van der Waals surface area contributed by atoms with Crippen molar-refractivity contribution < 1.29 is 5.11 Å². The zero-order valence-corrected chi connectivity index (χ0v) is 6.33. The third-order valence-electron chi connectivity index (χ3n) is 2.23. The molecule has 0 heterocycles. The van der Waals surface area contributed by atoms with E-state index in [-0.39, 0.29) is 18.1 Å². The van der Waals surface area contributed by atoms with Crippen LogP contribution in [-0.4, -0.2) is 17.3 Å². The maximum absolute atomic E-state index is 9.40. The molecule has 0 aromatic heterocycles. The van der Waals surface area contributed by atoms with Gasteiger partial charge in [0, 0.05) is 6.04 Å². The largest absolute Gasteiger partial charge is 0.392 e. The Balaban J connectivity index is 2.56. The van der Waals surface area contributed by atoms with Crippen LogP contribution in [0.1, 0.15) is 19.8 Å². The smallest absolute Gasteiger partial charge is 0.0615 e. The fraction of sp³-hybridized carbons (Fsp3) is 0.750. The number of hydrogen-bond acceptors (Lipinski definition) is 2. The van der Waals surface area contributed by atoms with Crippen LogP contribution in [0.4, 0.5) is 0 Å². The minimum Gasteiger partial charge on any atom is -0.392 e.